The normalized spacial score (nSPS) is 11.0. The molecule has 4 aromatic rings. The third-order valence-corrected chi connectivity index (χ3v) is 4.10. The lowest BCUT2D eigenvalue weighted by molar-refractivity contribution is 0.102. The maximum atomic E-state index is 12.9. The van der Waals surface area contributed by atoms with Crippen LogP contribution in [0.4, 0.5) is 5.69 Å². The van der Waals surface area contributed by atoms with Gasteiger partial charge in [0.1, 0.15) is 11.5 Å². The molecule has 0 fully saturated rings. The fourth-order valence-corrected chi connectivity index (χ4v) is 2.93. The minimum absolute atomic E-state index is 0.282. The summed E-state index contributed by atoms with van der Waals surface area (Å²) in [6.07, 6.45) is 3.23. The van der Waals surface area contributed by atoms with Crippen LogP contribution in [0.25, 0.3) is 22.4 Å². The van der Waals surface area contributed by atoms with Gasteiger partial charge >= 0.3 is 0 Å². The van der Waals surface area contributed by atoms with Crippen LogP contribution in [-0.4, -0.2) is 21.0 Å². The number of aromatic nitrogens is 3. The van der Waals surface area contributed by atoms with Gasteiger partial charge in [-0.3, -0.25) is 9.78 Å². The molecule has 4 heterocycles. The summed E-state index contributed by atoms with van der Waals surface area (Å²) in [4.78, 5) is 21.4. The van der Waals surface area contributed by atoms with Crippen molar-refractivity contribution in [3.63, 3.8) is 0 Å². The number of hydrogen-bond acceptors (Lipinski definition) is 6. The van der Waals surface area contributed by atoms with E-state index >= 15 is 0 Å². The Hall–Kier alpha value is -3.48. The van der Waals surface area contributed by atoms with E-state index in [1.54, 1.807) is 37.5 Å². The number of aryl methyl sites for hydroxylation is 3. The zero-order chi connectivity index (χ0) is 18.3. The summed E-state index contributed by atoms with van der Waals surface area (Å²) >= 11 is 0. The number of rotatable bonds is 3. The maximum Gasteiger partial charge on any atom is 0.259 e. The van der Waals surface area contributed by atoms with Crippen molar-refractivity contribution in [3.05, 3.63) is 59.4 Å². The van der Waals surface area contributed by atoms with Crippen molar-refractivity contribution in [2.24, 2.45) is 0 Å². The van der Waals surface area contributed by atoms with Gasteiger partial charge in [0.25, 0.3) is 11.6 Å². The van der Waals surface area contributed by atoms with Crippen LogP contribution in [0.3, 0.4) is 0 Å². The van der Waals surface area contributed by atoms with Crippen molar-refractivity contribution in [1.29, 1.82) is 0 Å². The molecule has 26 heavy (non-hydrogen) atoms. The van der Waals surface area contributed by atoms with Crippen molar-refractivity contribution < 1.29 is 13.7 Å². The van der Waals surface area contributed by atoms with E-state index in [4.69, 9.17) is 8.94 Å². The average Bonchev–Trinajstić information content (AvgIpc) is 3.17. The highest BCUT2D eigenvalue weighted by molar-refractivity contribution is 6.13. The molecule has 130 valence electrons. The molecule has 0 aliphatic rings. The van der Waals surface area contributed by atoms with Crippen LogP contribution in [0.5, 0.6) is 0 Å². The van der Waals surface area contributed by atoms with Gasteiger partial charge in [-0.05, 0) is 45.0 Å². The first kappa shape index (κ1) is 16.0. The summed E-state index contributed by atoms with van der Waals surface area (Å²) < 4.78 is 10.9. The van der Waals surface area contributed by atoms with E-state index in [1.807, 2.05) is 19.9 Å². The first-order chi connectivity index (χ1) is 12.5. The highest BCUT2D eigenvalue weighted by Gasteiger charge is 2.21. The molecule has 0 spiro atoms. The Morgan fingerprint density at radius 1 is 1.19 bits per heavy atom. The zero-order valence-electron chi connectivity index (χ0n) is 14.5. The second-order valence-corrected chi connectivity index (χ2v) is 6.03. The Morgan fingerprint density at radius 3 is 2.73 bits per heavy atom. The molecule has 0 radical (unpaired) electrons. The number of carbonyl (C=O) groups is 1. The fourth-order valence-electron chi connectivity index (χ4n) is 2.93. The minimum Gasteiger partial charge on any atom is -0.466 e. The van der Waals surface area contributed by atoms with Gasteiger partial charge in [0.2, 0.25) is 0 Å². The van der Waals surface area contributed by atoms with Crippen LogP contribution in [0.15, 0.2) is 45.6 Å². The van der Waals surface area contributed by atoms with E-state index in [-0.39, 0.29) is 5.91 Å². The van der Waals surface area contributed by atoms with Crippen LogP contribution in [0.1, 0.15) is 27.6 Å². The predicted molar refractivity (Wildman–Crippen MR) is 95.9 cm³/mol. The first-order valence-electron chi connectivity index (χ1n) is 8.09. The molecular weight excluding hydrogens is 332 g/mol. The van der Waals surface area contributed by atoms with Crippen LogP contribution in [-0.2, 0) is 0 Å². The van der Waals surface area contributed by atoms with E-state index < -0.39 is 0 Å². The average molecular weight is 348 g/mol. The topological polar surface area (TPSA) is 94.1 Å². The summed E-state index contributed by atoms with van der Waals surface area (Å²) in [5, 5.41) is 7.39. The number of nitrogens with one attached hydrogen (secondary N) is 1. The molecule has 0 aromatic carbocycles. The second kappa shape index (κ2) is 6.11. The van der Waals surface area contributed by atoms with Gasteiger partial charge < -0.3 is 14.3 Å². The van der Waals surface area contributed by atoms with Gasteiger partial charge in [-0.15, -0.1) is 0 Å². The Bertz CT molecular complexity index is 1110. The summed E-state index contributed by atoms with van der Waals surface area (Å²) in [6, 6.07) is 7.14. The van der Waals surface area contributed by atoms with E-state index in [2.05, 4.69) is 20.4 Å². The molecular formula is C19H16N4O3. The van der Waals surface area contributed by atoms with Gasteiger partial charge in [-0.2, -0.15) is 0 Å². The van der Waals surface area contributed by atoms with Crippen LogP contribution < -0.4 is 5.32 Å². The minimum atomic E-state index is -0.282. The third kappa shape index (κ3) is 2.73. The second-order valence-electron chi connectivity index (χ2n) is 6.03. The highest BCUT2D eigenvalue weighted by Crippen LogP contribution is 2.30. The van der Waals surface area contributed by atoms with Crippen molar-refractivity contribution in [3.8, 4) is 11.3 Å². The number of hydrogen-bond donors (Lipinski definition) is 1. The predicted octanol–water partition coefficient (Wildman–Crippen LogP) is 4.06. The van der Waals surface area contributed by atoms with Gasteiger partial charge in [0, 0.05) is 11.8 Å². The lowest BCUT2D eigenvalue weighted by Crippen LogP contribution is -2.13. The Balaban J connectivity index is 1.85. The lowest BCUT2D eigenvalue weighted by atomic mass is 10.1. The fraction of sp³-hybridized carbons (Fsp3) is 0.158. The summed E-state index contributed by atoms with van der Waals surface area (Å²) in [5.74, 6) is 1.22. The molecule has 1 amide bonds. The number of carbonyl (C=O) groups excluding carboxylic acids is 1. The number of furan rings is 1. The van der Waals surface area contributed by atoms with Gasteiger partial charge in [-0.25, -0.2) is 4.98 Å². The van der Waals surface area contributed by atoms with E-state index in [9.17, 15) is 4.79 Å². The molecule has 7 heteroatoms. The molecule has 0 saturated carbocycles. The number of pyridine rings is 2. The van der Waals surface area contributed by atoms with Crippen molar-refractivity contribution >= 4 is 22.7 Å². The van der Waals surface area contributed by atoms with Gasteiger partial charge in [-0.1, -0.05) is 5.16 Å². The monoisotopic (exact) mass is 348 g/mol. The first-order valence-corrected chi connectivity index (χ1v) is 8.09. The summed E-state index contributed by atoms with van der Waals surface area (Å²) in [6.45, 7) is 5.50. The van der Waals surface area contributed by atoms with Crippen LogP contribution in [0, 0.1) is 20.8 Å². The molecule has 7 nitrogen and oxygen atoms in total. The molecule has 0 unspecified atom stereocenters. The van der Waals surface area contributed by atoms with Gasteiger partial charge in [0.15, 0.2) is 0 Å². The molecule has 4 rings (SSSR count). The van der Waals surface area contributed by atoms with E-state index in [1.165, 1.54) is 0 Å². The number of anilines is 1. The molecule has 0 bridgehead atoms. The molecule has 0 atom stereocenters. The summed E-state index contributed by atoms with van der Waals surface area (Å²) in [5.41, 5.74) is 3.37. The van der Waals surface area contributed by atoms with Crippen molar-refractivity contribution in [1.82, 2.24) is 15.1 Å². The number of fused-ring (bicyclic) bond motifs is 1. The molecule has 1 N–H and O–H groups in total. The largest absolute Gasteiger partial charge is 0.466 e. The van der Waals surface area contributed by atoms with Crippen LogP contribution in [0.2, 0.25) is 0 Å². The molecule has 0 saturated heterocycles. The lowest BCUT2D eigenvalue weighted by Gasteiger charge is -2.07. The standard InChI is InChI=1S/C19H16N4O3/c1-10-7-14(12(3)25-10)16-8-15(17-11(2)23-26-19(17)22-16)18(24)21-13-5-4-6-20-9-13/h4-9H,1-3H3,(H,21,24). The van der Waals surface area contributed by atoms with E-state index in [0.29, 0.717) is 33.7 Å². The third-order valence-electron chi connectivity index (χ3n) is 4.10. The molecule has 0 aliphatic carbocycles. The van der Waals surface area contributed by atoms with Crippen molar-refractivity contribution in [2.45, 2.75) is 20.8 Å². The van der Waals surface area contributed by atoms with Crippen LogP contribution >= 0.6 is 0 Å². The Morgan fingerprint density at radius 2 is 2.04 bits per heavy atom. The van der Waals surface area contributed by atoms with E-state index in [0.717, 1.165) is 17.1 Å². The number of amides is 1. The number of nitrogens with zero attached hydrogens (tertiary/aromatic N) is 3. The smallest absolute Gasteiger partial charge is 0.259 e. The SMILES string of the molecule is Cc1cc(-c2cc(C(=O)Nc3cccnc3)c3c(C)noc3n2)c(C)o1. The Labute approximate surface area is 149 Å². The molecule has 0 aliphatic heterocycles. The van der Waals surface area contributed by atoms with Crippen molar-refractivity contribution in [2.75, 3.05) is 5.32 Å². The maximum absolute atomic E-state index is 12.9. The quantitative estimate of drug-likeness (QED) is 0.600. The molecule has 4 aromatic heterocycles. The highest BCUT2D eigenvalue weighted by atomic mass is 16.5. The zero-order valence-corrected chi connectivity index (χ0v) is 14.5. The van der Waals surface area contributed by atoms with Gasteiger partial charge in [0.05, 0.1) is 34.2 Å². The summed E-state index contributed by atoms with van der Waals surface area (Å²) in [7, 11) is 0. The Kier molecular flexibility index (Phi) is 3.76.